The van der Waals surface area contributed by atoms with Gasteiger partial charge in [0.25, 0.3) is 0 Å². The maximum atomic E-state index is 11.3. The van der Waals surface area contributed by atoms with Crippen molar-refractivity contribution in [1.82, 2.24) is 10.2 Å². The summed E-state index contributed by atoms with van der Waals surface area (Å²) in [6, 6.07) is 15.6. The lowest BCUT2D eigenvalue weighted by Crippen LogP contribution is -2.42. The minimum absolute atomic E-state index is 0.219. The van der Waals surface area contributed by atoms with Gasteiger partial charge in [0.2, 0.25) is 5.91 Å². The van der Waals surface area contributed by atoms with Crippen LogP contribution in [0, 0.1) is 0 Å². The molecule has 0 aromatic heterocycles. The van der Waals surface area contributed by atoms with Gasteiger partial charge in [-0.05, 0) is 35.4 Å². The number of hydrogen-bond acceptors (Lipinski definition) is 4. The average molecular weight is 374 g/mol. The molecule has 0 saturated carbocycles. The number of nitrogens with two attached hydrogens (primary N) is 1. The fourth-order valence-corrected chi connectivity index (χ4v) is 3.45. The lowest BCUT2D eigenvalue weighted by atomic mass is 10.0. The Kier molecular flexibility index (Phi) is 6.63. The van der Waals surface area contributed by atoms with Gasteiger partial charge < -0.3 is 15.8 Å². The number of amides is 1. The highest BCUT2D eigenvalue weighted by Gasteiger charge is 2.22. The smallest absolute Gasteiger partial charge is 0.248 e. The number of rotatable bonds is 7. The summed E-state index contributed by atoms with van der Waals surface area (Å²) in [4.78, 5) is 13.7. The molecule has 1 heterocycles. The van der Waals surface area contributed by atoms with Gasteiger partial charge in [0.15, 0.2) is 0 Å². The van der Waals surface area contributed by atoms with Gasteiger partial charge in [-0.15, -0.1) is 0 Å². The van der Waals surface area contributed by atoms with E-state index >= 15 is 0 Å². The standard InChI is InChI=1S/C20H24ClN3O2/c21-18-6-2-4-16(12-18)19(24-7-9-26-10-8-24)14-23-13-15-3-1-5-17(11-15)20(22)25/h1-6,11-12,19,23H,7-10,13-14H2,(H2,22,25). The second-order valence-corrected chi connectivity index (χ2v) is 6.85. The van der Waals surface area contributed by atoms with Crippen LogP contribution in [-0.4, -0.2) is 43.7 Å². The van der Waals surface area contributed by atoms with E-state index in [1.807, 2.05) is 36.4 Å². The molecule has 0 aliphatic carbocycles. The van der Waals surface area contributed by atoms with Crippen LogP contribution in [0.15, 0.2) is 48.5 Å². The number of morpholine rings is 1. The number of ether oxygens (including phenoxy) is 1. The van der Waals surface area contributed by atoms with E-state index in [1.165, 1.54) is 5.56 Å². The number of primary amides is 1. The SMILES string of the molecule is NC(=O)c1cccc(CNCC(c2cccc(Cl)c2)N2CCOCC2)c1. The summed E-state index contributed by atoms with van der Waals surface area (Å²) < 4.78 is 5.49. The number of benzene rings is 2. The lowest BCUT2D eigenvalue weighted by Gasteiger charge is -2.35. The Morgan fingerprint density at radius 2 is 1.96 bits per heavy atom. The fraction of sp³-hybridized carbons (Fsp3) is 0.350. The molecule has 138 valence electrons. The van der Waals surface area contributed by atoms with Crippen LogP contribution in [0.4, 0.5) is 0 Å². The first kappa shape index (κ1) is 18.9. The van der Waals surface area contributed by atoms with E-state index in [1.54, 1.807) is 6.07 Å². The van der Waals surface area contributed by atoms with Crippen LogP contribution in [0.5, 0.6) is 0 Å². The van der Waals surface area contributed by atoms with Crippen LogP contribution in [-0.2, 0) is 11.3 Å². The molecule has 26 heavy (non-hydrogen) atoms. The van der Waals surface area contributed by atoms with Crippen molar-refractivity contribution >= 4 is 17.5 Å². The molecule has 1 aliphatic rings. The van der Waals surface area contributed by atoms with Gasteiger partial charge in [0.1, 0.15) is 0 Å². The first-order chi connectivity index (χ1) is 12.6. The van der Waals surface area contributed by atoms with Crippen molar-refractivity contribution in [1.29, 1.82) is 0 Å². The summed E-state index contributed by atoms with van der Waals surface area (Å²) >= 11 is 6.20. The Balaban J connectivity index is 1.67. The maximum Gasteiger partial charge on any atom is 0.248 e. The minimum atomic E-state index is -0.406. The molecule has 0 spiro atoms. The number of carbonyl (C=O) groups is 1. The molecule has 3 rings (SSSR count). The molecule has 5 nitrogen and oxygen atoms in total. The van der Waals surface area contributed by atoms with E-state index in [0.29, 0.717) is 12.1 Å². The summed E-state index contributed by atoms with van der Waals surface area (Å²) in [7, 11) is 0. The predicted octanol–water partition coefficient (Wildman–Crippen LogP) is 2.60. The van der Waals surface area contributed by atoms with Gasteiger partial charge in [0.05, 0.1) is 13.2 Å². The van der Waals surface area contributed by atoms with Crippen molar-refractivity contribution in [2.45, 2.75) is 12.6 Å². The number of halogens is 1. The zero-order chi connectivity index (χ0) is 18.4. The first-order valence-corrected chi connectivity index (χ1v) is 9.18. The summed E-state index contributed by atoms with van der Waals surface area (Å²) in [6.45, 7) is 4.74. The summed E-state index contributed by atoms with van der Waals surface area (Å²) in [6.07, 6.45) is 0. The minimum Gasteiger partial charge on any atom is -0.379 e. The highest BCUT2D eigenvalue weighted by atomic mass is 35.5. The molecule has 2 aromatic rings. The molecule has 1 fully saturated rings. The first-order valence-electron chi connectivity index (χ1n) is 8.80. The van der Waals surface area contributed by atoms with Crippen LogP contribution in [0.25, 0.3) is 0 Å². The molecule has 1 saturated heterocycles. The van der Waals surface area contributed by atoms with Crippen LogP contribution in [0.2, 0.25) is 5.02 Å². The third-order valence-electron chi connectivity index (χ3n) is 4.60. The molecule has 1 unspecified atom stereocenters. The van der Waals surface area contributed by atoms with E-state index in [9.17, 15) is 4.79 Å². The second-order valence-electron chi connectivity index (χ2n) is 6.41. The molecule has 6 heteroatoms. The van der Waals surface area contributed by atoms with Gasteiger partial charge in [-0.2, -0.15) is 0 Å². The van der Waals surface area contributed by atoms with Gasteiger partial charge in [-0.1, -0.05) is 35.9 Å². The Bertz CT molecular complexity index is 747. The Morgan fingerprint density at radius 1 is 1.19 bits per heavy atom. The van der Waals surface area contributed by atoms with Gasteiger partial charge in [-0.25, -0.2) is 0 Å². The van der Waals surface area contributed by atoms with Crippen molar-refractivity contribution in [3.8, 4) is 0 Å². The second kappa shape index (κ2) is 9.14. The van der Waals surface area contributed by atoms with Crippen molar-refractivity contribution in [2.24, 2.45) is 5.73 Å². The largest absolute Gasteiger partial charge is 0.379 e. The number of nitrogens with one attached hydrogen (secondary N) is 1. The Labute approximate surface area is 159 Å². The molecule has 0 radical (unpaired) electrons. The monoisotopic (exact) mass is 373 g/mol. The highest BCUT2D eigenvalue weighted by Crippen LogP contribution is 2.24. The lowest BCUT2D eigenvalue weighted by molar-refractivity contribution is 0.0161. The number of carbonyl (C=O) groups excluding carboxylic acids is 1. The third kappa shape index (κ3) is 5.05. The van der Waals surface area contributed by atoms with Crippen LogP contribution in [0.3, 0.4) is 0 Å². The van der Waals surface area contributed by atoms with Gasteiger partial charge in [-0.3, -0.25) is 9.69 Å². The molecular weight excluding hydrogens is 350 g/mol. The third-order valence-corrected chi connectivity index (χ3v) is 4.83. The maximum absolute atomic E-state index is 11.3. The molecule has 0 bridgehead atoms. The molecule has 1 amide bonds. The van der Waals surface area contributed by atoms with E-state index in [0.717, 1.165) is 43.4 Å². The Morgan fingerprint density at radius 3 is 2.69 bits per heavy atom. The summed E-state index contributed by atoms with van der Waals surface area (Å²) in [5.41, 5.74) is 8.12. The summed E-state index contributed by atoms with van der Waals surface area (Å²) in [5, 5.41) is 4.25. The molecule has 1 atom stereocenters. The Hall–Kier alpha value is -1.92. The zero-order valence-electron chi connectivity index (χ0n) is 14.7. The van der Waals surface area contributed by atoms with Gasteiger partial charge >= 0.3 is 0 Å². The average Bonchev–Trinajstić information content (AvgIpc) is 2.66. The molecular formula is C20H24ClN3O2. The van der Waals surface area contributed by atoms with E-state index in [4.69, 9.17) is 22.1 Å². The predicted molar refractivity (Wildman–Crippen MR) is 103 cm³/mol. The van der Waals surface area contributed by atoms with Crippen LogP contribution < -0.4 is 11.1 Å². The topological polar surface area (TPSA) is 67.6 Å². The van der Waals surface area contributed by atoms with E-state index in [-0.39, 0.29) is 6.04 Å². The molecule has 2 aromatic carbocycles. The van der Waals surface area contributed by atoms with Crippen molar-refractivity contribution in [2.75, 3.05) is 32.8 Å². The quantitative estimate of drug-likeness (QED) is 0.782. The summed E-state index contributed by atoms with van der Waals surface area (Å²) in [5.74, 6) is -0.406. The fourth-order valence-electron chi connectivity index (χ4n) is 3.25. The normalized spacial score (nSPS) is 16.3. The van der Waals surface area contributed by atoms with Crippen LogP contribution in [0.1, 0.15) is 27.5 Å². The van der Waals surface area contributed by atoms with Crippen molar-refractivity contribution < 1.29 is 9.53 Å². The molecule has 1 aliphatic heterocycles. The van der Waals surface area contributed by atoms with E-state index < -0.39 is 5.91 Å². The number of nitrogens with zero attached hydrogens (tertiary/aromatic N) is 1. The zero-order valence-corrected chi connectivity index (χ0v) is 15.4. The number of hydrogen-bond donors (Lipinski definition) is 2. The highest BCUT2D eigenvalue weighted by molar-refractivity contribution is 6.30. The van der Waals surface area contributed by atoms with Crippen LogP contribution >= 0.6 is 11.6 Å². The molecule has 3 N–H and O–H groups in total. The van der Waals surface area contributed by atoms with Gasteiger partial charge in [0, 0.05) is 42.8 Å². The van der Waals surface area contributed by atoms with Crippen molar-refractivity contribution in [3.63, 3.8) is 0 Å². The van der Waals surface area contributed by atoms with Crippen molar-refractivity contribution in [3.05, 3.63) is 70.2 Å². The van der Waals surface area contributed by atoms with E-state index in [2.05, 4.69) is 16.3 Å².